The Labute approximate surface area is 84.2 Å². The fraction of sp³-hybridized carbons (Fsp3) is 0.750. The average molecular weight is 206 g/mol. The minimum atomic E-state index is -0.0742. The molecule has 0 aliphatic rings. The van der Waals surface area contributed by atoms with Crippen LogP contribution in [0.2, 0.25) is 0 Å². The fourth-order valence-corrected chi connectivity index (χ4v) is 1.16. The lowest BCUT2D eigenvalue weighted by atomic mass is 10.2. The normalized spacial score (nSPS) is 9.67. The maximum Gasteiger partial charge on any atom is 0.170 e. The van der Waals surface area contributed by atoms with E-state index in [9.17, 15) is 0 Å². The highest BCUT2D eigenvalue weighted by molar-refractivity contribution is 7.81. The Balaban J connectivity index is 3.91. The predicted molar refractivity (Wildman–Crippen MR) is 57.6 cm³/mol. The van der Waals surface area contributed by atoms with Crippen LogP contribution in [0.5, 0.6) is 0 Å². The number of rotatable bonds is 4. The fourth-order valence-electron chi connectivity index (χ4n) is 0.631. The van der Waals surface area contributed by atoms with Gasteiger partial charge in [0.15, 0.2) is 10.1 Å². The lowest BCUT2D eigenvalue weighted by Gasteiger charge is -2.14. The summed E-state index contributed by atoms with van der Waals surface area (Å²) in [6, 6.07) is 0. The topological polar surface area (TPSA) is 18.5 Å². The standard InChI is InChI=1S/C8H14O2S2/c1-4-9-7(11)6(3)8(12)10-5-2/h6H,4-5H2,1-3H3. The minimum Gasteiger partial charge on any atom is -0.487 e. The molecule has 0 N–H and O–H groups in total. The summed E-state index contributed by atoms with van der Waals surface area (Å²) in [6.07, 6.45) is 0. The first-order valence-corrected chi connectivity index (χ1v) is 4.78. The van der Waals surface area contributed by atoms with Gasteiger partial charge < -0.3 is 9.47 Å². The third-order valence-electron chi connectivity index (χ3n) is 1.28. The molecule has 0 spiro atoms. The number of hydrogen-bond donors (Lipinski definition) is 0. The first kappa shape index (κ1) is 11.8. The van der Waals surface area contributed by atoms with Gasteiger partial charge in [0.2, 0.25) is 0 Å². The number of ether oxygens (including phenoxy) is 2. The summed E-state index contributed by atoms with van der Waals surface area (Å²) in [5, 5.41) is 1.02. The summed E-state index contributed by atoms with van der Waals surface area (Å²) < 4.78 is 10.3. The Morgan fingerprint density at radius 1 is 1.08 bits per heavy atom. The van der Waals surface area contributed by atoms with Crippen molar-refractivity contribution in [3.8, 4) is 0 Å². The summed E-state index contributed by atoms with van der Waals surface area (Å²) in [7, 11) is 0. The first-order chi connectivity index (χ1) is 5.63. The zero-order valence-electron chi connectivity index (χ0n) is 7.62. The van der Waals surface area contributed by atoms with Crippen LogP contribution < -0.4 is 0 Å². The van der Waals surface area contributed by atoms with Crippen molar-refractivity contribution in [3.63, 3.8) is 0 Å². The van der Waals surface area contributed by atoms with Crippen LogP contribution in [-0.2, 0) is 9.47 Å². The second-order valence-corrected chi connectivity index (χ2v) is 3.03. The van der Waals surface area contributed by atoms with Crippen molar-refractivity contribution in [2.45, 2.75) is 20.8 Å². The molecule has 0 unspecified atom stereocenters. The van der Waals surface area contributed by atoms with E-state index in [1.807, 2.05) is 20.8 Å². The molecule has 2 nitrogen and oxygen atoms in total. The second-order valence-electron chi connectivity index (χ2n) is 2.23. The molecule has 0 saturated carbocycles. The monoisotopic (exact) mass is 206 g/mol. The van der Waals surface area contributed by atoms with Crippen molar-refractivity contribution in [3.05, 3.63) is 0 Å². The average Bonchev–Trinajstić information content (AvgIpc) is 2.04. The van der Waals surface area contributed by atoms with Crippen molar-refractivity contribution in [1.29, 1.82) is 0 Å². The molecule has 0 aromatic carbocycles. The molecule has 4 heteroatoms. The van der Waals surface area contributed by atoms with E-state index in [2.05, 4.69) is 0 Å². The zero-order chi connectivity index (χ0) is 9.56. The van der Waals surface area contributed by atoms with Gasteiger partial charge in [-0.05, 0) is 45.2 Å². The summed E-state index contributed by atoms with van der Waals surface area (Å²) >= 11 is 9.95. The third kappa shape index (κ3) is 3.97. The first-order valence-electron chi connectivity index (χ1n) is 3.96. The smallest absolute Gasteiger partial charge is 0.170 e. The molecular weight excluding hydrogens is 192 g/mol. The van der Waals surface area contributed by atoms with Crippen molar-refractivity contribution < 1.29 is 9.47 Å². The van der Waals surface area contributed by atoms with E-state index in [1.54, 1.807) is 0 Å². The van der Waals surface area contributed by atoms with Crippen LogP contribution in [0.15, 0.2) is 0 Å². The molecule has 0 radical (unpaired) electrons. The van der Waals surface area contributed by atoms with Gasteiger partial charge in [-0.2, -0.15) is 0 Å². The highest BCUT2D eigenvalue weighted by Gasteiger charge is 2.15. The molecule has 0 saturated heterocycles. The van der Waals surface area contributed by atoms with Crippen molar-refractivity contribution in [2.24, 2.45) is 5.92 Å². The lowest BCUT2D eigenvalue weighted by molar-refractivity contribution is 0.297. The molecule has 0 fully saturated rings. The van der Waals surface area contributed by atoms with Gasteiger partial charge >= 0.3 is 0 Å². The van der Waals surface area contributed by atoms with Gasteiger partial charge in [0.1, 0.15) is 0 Å². The molecule has 0 aromatic heterocycles. The second kappa shape index (κ2) is 6.31. The quantitative estimate of drug-likeness (QED) is 0.657. The van der Waals surface area contributed by atoms with E-state index in [0.717, 1.165) is 0 Å². The molecule has 0 bridgehead atoms. The third-order valence-corrected chi connectivity index (χ3v) is 2.22. The summed E-state index contributed by atoms with van der Waals surface area (Å²) in [4.78, 5) is 0. The molecule has 12 heavy (non-hydrogen) atoms. The lowest BCUT2D eigenvalue weighted by Crippen LogP contribution is -2.22. The molecule has 0 aromatic rings. The highest BCUT2D eigenvalue weighted by Crippen LogP contribution is 2.05. The predicted octanol–water partition coefficient (Wildman–Crippen LogP) is 2.35. The molecule has 0 aliphatic heterocycles. The SMILES string of the molecule is CCOC(=S)C(C)C(=S)OCC. The zero-order valence-corrected chi connectivity index (χ0v) is 9.26. The van der Waals surface area contributed by atoms with Gasteiger partial charge in [-0.15, -0.1) is 0 Å². The largest absolute Gasteiger partial charge is 0.487 e. The van der Waals surface area contributed by atoms with Crippen LogP contribution in [0, 0.1) is 5.92 Å². The van der Waals surface area contributed by atoms with E-state index in [0.29, 0.717) is 23.3 Å². The Kier molecular flexibility index (Phi) is 6.20. The van der Waals surface area contributed by atoms with E-state index in [-0.39, 0.29) is 5.92 Å². The van der Waals surface area contributed by atoms with Gasteiger partial charge in [0.05, 0.1) is 19.1 Å². The van der Waals surface area contributed by atoms with Gasteiger partial charge in [-0.3, -0.25) is 0 Å². The van der Waals surface area contributed by atoms with Crippen LogP contribution in [-0.4, -0.2) is 23.3 Å². The maximum atomic E-state index is 5.14. The summed E-state index contributed by atoms with van der Waals surface area (Å²) in [5.41, 5.74) is 0. The van der Waals surface area contributed by atoms with Crippen LogP contribution in [0.1, 0.15) is 20.8 Å². The molecule has 0 atom stereocenters. The Bertz CT molecular complexity index is 150. The van der Waals surface area contributed by atoms with Gasteiger partial charge in [-0.25, -0.2) is 0 Å². The number of hydrogen-bond acceptors (Lipinski definition) is 4. The van der Waals surface area contributed by atoms with E-state index in [1.165, 1.54) is 0 Å². The van der Waals surface area contributed by atoms with E-state index in [4.69, 9.17) is 33.9 Å². The summed E-state index contributed by atoms with van der Waals surface area (Å²) in [5.74, 6) is -0.0742. The minimum absolute atomic E-state index is 0.0742. The van der Waals surface area contributed by atoms with Crippen LogP contribution in [0.4, 0.5) is 0 Å². The van der Waals surface area contributed by atoms with E-state index < -0.39 is 0 Å². The maximum absolute atomic E-state index is 5.14. The molecular formula is C8H14O2S2. The van der Waals surface area contributed by atoms with Crippen LogP contribution >= 0.6 is 24.4 Å². The van der Waals surface area contributed by atoms with E-state index >= 15 is 0 Å². The van der Waals surface area contributed by atoms with Crippen molar-refractivity contribution >= 4 is 34.5 Å². The number of thiocarbonyl (C=S) groups is 2. The van der Waals surface area contributed by atoms with Crippen LogP contribution in [0.25, 0.3) is 0 Å². The summed E-state index contributed by atoms with van der Waals surface area (Å²) in [6.45, 7) is 6.83. The molecule has 0 heterocycles. The van der Waals surface area contributed by atoms with Gasteiger partial charge in [0, 0.05) is 0 Å². The Morgan fingerprint density at radius 2 is 1.42 bits per heavy atom. The highest BCUT2D eigenvalue weighted by atomic mass is 32.1. The van der Waals surface area contributed by atoms with Gasteiger partial charge in [-0.1, -0.05) is 0 Å². The Hall–Kier alpha value is -0.220. The molecule has 0 rings (SSSR count). The molecule has 0 amide bonds. The molecule has 70 valence electrons. The van der Waals surface area contributed by atoms with Gasteiger partial charge in [0.25, 0.3) is 0 Å². The van der Waals surface area contributed by atoms with Crippen molar-refractivity contribution in [2.75, 3.05) is 13.2 Å². The molecule has 0 aliphatic carbocycles. The Morgan fingerprint density at radius 3 is 1.67 bits per heavy atom. The van der Waals surface area contributed by atoms with Crippen LogP contribution in [0.3, 0.4) is 0 Å². The van der Waals surface area contributed by atoms with Crippen molar-refractivity contribution in [1.82, 2.24) is 0 Å².